The van der Waals surface area contributed by atoms with Gasteiger partial charge in [-0.05, 0) is 32.4 Å². The van der Waals surface area contributed by atoms with Crippen LogP contribution in [-0.2, 0) is 0 Å². The van der Waals surface area contributed by atoms with Gasteiger partial charge in [-0.3, -0.25) is 0 Å². The Hall–Kier alpha value is -0.120. The van der Waals surface area contributed by atoms with Gasteiger partial charge >= 0.3 is 0 Å². The van der Waals surface area contributed by atoms with E-state index in [2.05, 4.69) is 5.32 Å². The Bertz CT molecular complexity index is 87.3. The molecule has 0 fully saturated rings. The predicted octanol–water partition coefficient (Wildman–Crippen LogP) is 1.29. The lowest BCUT2D eigenvalue weighted by Crippen LogP contribution is -2.17. The normalized spacial score (nSPS) is 10.7. The fraction of sp³-hybridized carbons (Fsp3) is 1.00. The van der Waals surface area contributed by atoms with E-state index in [0.717, 1.165) is 32.4 Å². The minimum atomic E-state index is 0.286. The lowest BCUT2D eigenvalue weighted by Gasteiger charge is -2.03. The molecular weight excluding hydrogens is 178 g/mol. The number of rotatable bonds is 11. The van der Waals surface area contributed by atoms with Crippen LogP contribution in [0.2, 0.25) is 0 Å². The first-order chi connectivity index (χ1) is 6.91. The average molecular weight is 203 g/mol. The zero-order chi connectivity index (χ0) is 10.5. The van der Waals surface area contributed by atoms with Crippen LogP contribution < -0.4 is 5.32 Å². The maximum atomic E-state index is 8.56. The zero-order valence-corrected chi connectivity index (χ0v) is 9.17. The van der Waals surface area contributed by atoms with Crippen molar-refractivity contribution in [2.45, 2.75) is 44.9 Å². The smallest absolute Gasteiger partial charge is 0.0443 e. The molecule has 3 N–H and O–H groups in total. The zero-order valence-electron chi connectivity index (χ0n) is 9.17. The van der Waals surface area contributed by atoms with Gasteiger partial charge in [0.25, 0.3) is 0 Å². The molecule has 0 radical (unpaired) electrons. The highest BCUT2D eigenvalue weighted by Crippen LogP contribution is 2.04. The summed E-state index contributed by atoms with van der Waals surface area (Å²) >= 11 is 0. The highest BCUT2D eigenvalue weighted by molar-refractivity contribution is 4.49. The number of hydrogen-bond acceptors (Lipinski definition) is 3. The van der Waals surface area contributed by atoms with Crippen molar-refractivity contribution in [1.82, 2.24) is 5.32 Å². The van der Waals surface area contributed by atoms with Gasteiger partial charge in [-0.15, -0.1) is 0 Å². The maximum Gasteiger partial charge on any atom is 0.0443 e. The number of nitrogens with one attached hydrogen (secondary N) is 1. The van der Waals surface area contributed by atoms with Crippen molar-refractivity contribution < 1.29 is 10.2 Å². The van der Waals surface area contributed by atoms with Crippen molar-refractivity contribution in [3.63, 3.8) is 0 Å². The van der Waals surface area contributed by atoms with Gasteiger partial charge in [0, 0.05) is 13.2 Å². The van der Waals surface area contributed by atoms with Gasteiger partial charge in [-0.25, -0.2) is 0 Å². The lowest BCUT2D eigenvalue weighted by molar-refractivity contribution is 0.282. The van der Waals surface area contributed by atoms with E-state index < -0.39 is 0 Å². The van der Waals surface area contributed by atoms with Crippen LogP contribution in [0.25, 0.3) is 0 Å². The van der Waals surface area contributed by atoms with Crippen LogP contribution in [0, 0.1) is 0 Å². The van der Waals surface area contributed by atoms with Gasteiger partial charge in [0.1, 0.15) is 0 Å². The largest absolute Gasteiger partial charge is 0.396 e. The summed E-state index contributed by atoms with van der Waals surface area (Å²) in [6.45, 7) is 2.62. The Morgan fingerprint density at radius 2 is 1.07 bits per heavy atom. The summed E-state index contributed by atoms with van der Waals surface area (Å²) in [6.07, 6.45) is 8.00. The summed E-state index contributed by atoms with van der Waals surface area (Å²) in [4.78, 5) is 0. The first kappa shape index (κ1) is 13.9. The summed E-state index contributed by atoms with van der Waals surface area (Å²) in [5.74, 6) is 0. The van der Waals surface area contributed by atoms with Crippen LogP contribution >= 0.6 is 0 Å². The molecule has 3 heteroatoms. The van der Waals surface area contributed by atoms with E-state index in [4.69, 9.17) is 10.2 Å². The highest BCUT2D eigenvalue weighted by Gasteiger charge is 1.91. The Balaban J connectivity index is 2.78. The molecule has 0 bridgehead atoms. The minimum absolute atomic E-state index is 0.286. The lowest BCUT2D eigenvalue weighted by atomic mass is 10.1. The van der Waals surface area contributed by atoms with E-state index in [1.807, 2.05) is 0 Å². The van der Waals surface area contributed by atoms with Crippen LogP contribution in [0.1, 0.15) is 44.9 Å². The van der Waals surface area contributed by atoms with Crippen LogP contribution in [0.3, 0.4) is 0 Å². The van der Waals surface area contributed by atoms with Gasteiger partial charge < -0.3 is 15.5 Å². The summed E-state index contributed by atoms with van der Waals surface area (Å²) in [5.41, 5.74) is 0. The molecule has 0 aliphatic rings. The monoisotopic (exact) mass is 203 g/mol. The van der Waals surface area contributed by atoms with Gasteiger partial charge in [0.2, 0.25) is 0 Å². The summed E-state index contributed by atoms with van der Waals surface area (Å²) in [6, 6.07) is 0. The molecule has 14 heavy (non-hydrogen) atoms. The molecule has 0 unspecified atom stereocenters. The molecule has 0 atom stereocenters. The van der Waals surface area contributed by atoms with Crippen molar-refractivity contribution in [2.75, 3.05) is 26.3 Å². The topological polar surface area (TPSA) is 52.5 Å². The Labute approximate surface area is 87.5 Å². The SMILES string of the molecule is OCCCCCCCCNCCCO. The molecule has 0 aliphatic carbocycles. The Morgan fingerprint density at radius 3 is 1.71 bits per heavy atom. The van der Waals surface area contributed by atoms with E-state index in [1.165, 1.54) is 25.7 Å². The van der Waals surface area contributed by atoms with E-state index in [9.17, 15) is 0 Å². The molecule has 0 aliphatic heterocycles. The fourth-order valence-electron chi connectivity index (χ4n) is 1.40. The molecule has 3 nitrogen and oxygen atoms in total. The molecular formula is C11H25NO2. The molecule has 0 saturated carbocycles. The first-order valence-electron chi connectivity index (χ1n) is 5.84. The van der Waals surface area contributed by atoms with Gasteiger partial charge in [-0.2, -0.15) is 0 Å². The van der Waals surface area contributed by atoms with Crippen molar-refractivity contribution >= 4 is 0 Å². The van der Waals surface area contributed by atoms with Gasteiger partial charge in [0.05, 0.1) is 0 Å². The van der Waals surface area contributed by atoms with Crippen LogP contribution in [0.4, 0.5) is 0 Å². The van der Waals surface area contributed by atoms with Crippen molar-refractivity contribution in [3.8, 4) is 0 Å². The quantitative estimate of drug-likeness (QED) is 0.444. The second kappa shape index (κ2) is 12.9. The van der Waals surface area contributed by atoms with Gasteiger partial charge in [0.15, 0.2) is 0 Å². The minimum Gasteiger partial charge on any atom is -0.396 e. The first-order valence-corrected chi connectivity index (χ1v) is 5.84. The maximum absolute atomic E-state index is 8.56. The molecule has 0 rings (SSSR count). The van der Waals surface area contributed by atoms with Crippen LogP contribution in [0.15, 0.2) is 0 Å². The molecule has 0 amide bonds. The van der Waals surface area contributed by atoms with Crippen molar-refractivity contribution in [1.29, 1.82) is 0 Å². The van der Waals surface area contributed by atoms with E-state index in [0.29, 0.717) is 6.61 Å². The van der Waals surface area contributed by atoms with Crippen LogP contribution in [0.5, 0.6) is 0 Å². The highest BCUT2D eigenvalue weighted by atomic mass is 16.3. The molecule has 86 valence electrons. The number of aliphatic hydroxyl groups is 2. The standard InChI is InChI=1S/C11H25NO2/c13-10-6-4-2-1-3-5-8-12-9-7-11-14/h12-14H,1-11H2. The fourth-order valence-corrected chi connectivity index (χ4v) is 1.40. The summed E-state index contributed by atoms with van der Waals surface area (Å²) in [7, 11) is 0. The second-order valence-electron chi connectivity index (χ2n) is 3.67. The molecule has 0 aromatic heterocycles. The third kappa shape index (κ3) is 11.9. The second-order valence-corrected chi connectivity index (χ2v) is 3.67. The molecule has 0 spiro atoms. The van der Waals surface area contributed by atoms with E-state index in [-0.39, 0.29) is 6.61 Å². The molecule has 0 saturated heterocycles. The Morgan fingerprint density at radius 1 is 0.571 bits per heavy atom. The summed E-state index contributed by atoms with van der Waals surface area (Å²) in [5, 5.41) is 20.4. The Kier molecular flexibility index (Phi) is 12.8. The third-order valence-electron chi connectivity index (χ3n) is 2.27. The van der Waals surface area contributed by atoms with E-state index in [1.54, 1.807) is 0 Å². The third-order valence-corrected chi connectivity index (χ3v) is 2.27. The van der Waals surface area contributed by atoms with Gasteiger partial charge in [-0.1, -0.05) is 25.7 Å². The molecule has 0 aromatic rings. The van der Waals surface area contributed by atoms with E-state index >= 15 is 0 Å². The molecule has 0 aromatic carbocycles. The number of hydrogen-bond donors (Lipinski definition) is 3. The van der Waals surface area contributed by atoms with Crippen molar-refractivity contribution in [3.05, 3.63) is 0 Å². The van der Waals surface area contributed by atoms with Crippen LogP contribution in [-0.4, -0.2) is 36.5 Å². The van der Waals surface area contributed by atoms with Crippen molar-refractivity contribution in [2.24, 2.45) is 0 Å². The number of unbranched alkanes of at least 4 members (excludes halogenated alkanes) is 5. The average Bonchev–Trinajstić information content (AvgIpc) is 2.21. The number of aliphatic hydroxyl groups excluding tert-OH is 2. The predicted molar refractivity (Wildman–Crippen MR) is 59.4 cm³/mol. The summed E-state index contributed by atoms with van der Waals surface area (Å²) < 4.78 is 0. The molecule has 0 heterocycles.